The molecule has 1 rings (SSSR count). The predicted octanol–water partition coefficient (Wildman–Crippen LogP) is 1.99. The van der Waals surface area contributed by atoms with Crippen LogP contribution in [0.4, 0.5) is 0 Å². The Morgan fingerprint density at radius 3 is 2.85 bits per heavy atom. The number of nitrogens with zero attached hydrogens (tertiary/aromatic N) is 1. The van der Waals surface area contributed by atoms with Gasteiger partial charge in [0.05, 0.1) is 0 Å². The van der Waals surface area contributed by atoms with Crippen LogP contribution in [0.5, 0.6) is 0 Å². The van der Waals surface area contributed by atoms with Crippen LogP contribution in [0.3, 0.4) is 0 Å². The van der Waals surface area contributed by atoms with Crippen LogP contribution < -0.4 is 5.73 Å². The number of likely N-dealkylation sites (tertiary alicyclic amines) is 1. The Hall–Kier alpha value is -0.0800. The van der Waals surface area contributed by atoms with Gasteiger partial charge >= 0.3 is 0 Å². The zero-order valence-corrected chi connectivity index (χ0v) is 9.13. The summed E-state index contributed by atoms with van der Waals surface area (Å²) in [5.74, 6) is 0. The molecule has 1 fully saturated rings. The van der Waals surface area contributed by atoms with Crippen molar-refractivity contribution in [1.29, 1.82) is 0 Å². The fraction of sp³-hybridized carbons (Fsp3) is 1.00. The van der Waals surface area contributed by atoms with Crippen molar-refractivity contribution < 1.29 is 0 Å². The van der Waals surface area contributed by atoms with E-state index in [0.717, 1.165) is 12.6 Å². The highest BCUT2D eigenvalue weighted by Crippen LogP contribution is 2.20. The highest BCUT2D eigenvalue weighted by molar-refractivity contribution is 4.78. The standard InChI is InChI=1S/C11H24N2/c1-3-6-11-7-4-5-8-13(11)9-10(2)12/h10-11H,3-9,12H2,1-2H3/t10-,11?/m0/s1. The van der Waals surface area contributed by atoms with Crippen LogP contribution in [0.25, 0.3) is 0 Å². The Bertz CT molecular complexity index is 132. The molecule has 0 saturated carbocycles. The molecule has 0 aromatic carbocycles. The topological polar surface area (TPSA) is 29.3 Å². The number of hydrogen-bond donors (Lipinski definition) is 1. The second-order valence-corrected chi connectivity index (χ2v) is 4.41. The Labute approximate surface area is 82.5 Å². The molecule has 1 heterocycles. The average molecular weight is 184 g/mol. The van der Waals surface area contributed by atoms with Crippen molar-refractivity contribution in [2.24, 2.45) is 5.73 Å². The van der Waals surface area contributed by atoms with Crippen molar-refractivity contribution in [2.75, 3.05) is 13.1 Å². The summed E-state index contributed by atoms with van der Waals surface area (Å²) < 4.78 is 0. The van der Waals surface area contributed by atoms with Crippen LogP contribution in [-0.2, 0) is 0 Å². The molecule has 0 aliphatic carbocycles. The third-order valence-corrected chi connectivity index (χ3v) is 2.89. The van der Waals surface area contributed by atoms with Gasteiger partial charge in [0.1, 0.15) is 0 Å². The van der Waals surface area contributed by atoms with Gasteiger partial charge in [0, 0.05) is 18.6 Å². The van der Waals surface area contributed by atoms with Gasteiger partial charge in [-0.1, -0.05) is 19.8 Å². The predicted molar refractivity (Wildman–Crippen MR) is 57.8 cm³/mol. The fourth-order valence-corrected chi connectivity index (χ4v) is 2.33. The lowest BCUT2D eigenvalue weighted by molar-refractivity contribution is 0.133. The maximum absolute atomic E-state index is 5.84. The molecule has 1 unspecified atom stereocenters. The van der Waals surface area contributed by atoms with Crippen LogP contribution in [0.15, 0.2) is 0 Å². The van der Waals surface area contributed by atoms with Gasteiger partial charge in [-0.3, -0.25) is 4.90 Å². The smallest absolute Gasteiger partial charge is 0.0139 e. The van der Waals surface area contributed by atoms with Gasteiger partial charge in [-0.2, -0.15) is 0 Å². The van der Waals surface area contributed by atoms with E-state index in [-0.39, 0.29) is 0 Å². The minimum atomic E-state index is 0.331. The quantitative estimate of drug-likeness (QED) is 0.724. The number of nitrogens with two attached hydrogens (primary N) is 1. The summed E-state index contributed by atoms with van der Waals surface area (Å²) in [5.41, 5.74) is 5.84. The van der Waals surface area contributed by atoms with Crippen molar-refractivity contribution >= 4 is 0 Å². The molecule has 0 aromatic rings. The molecule has 0 bridgehead atoms. The summed E-state index contributed by atoms with van der Waals surface area (Å²) in [6.07, 6.45) is 6.83. The van der Waals surface area contributed by atoms with Crippen molar-refractivity contribution in [3.8, 4) is 0 Å². The molecule has 0 aromatic heterocycles. The van der Waals surface area contributed by atoms with Crippen molar-refractivity contribution in [2.45, 2.75) is 58.0 Å². The zero-order chi connectivity index (χ0) is 9.68. The zero-order valence-electron chi connectivity index (χ0n) is 9.13. The van der Waals surface area contributed by atoms with Crippen molar-refractivity contribution in [3.63, 3.8) is 0 Å². The average Bonchev–Trinajstić information content (AvgIpc) is 2.08. The number of piperidine rings is 1. The van der Waals surface area contributed by atoms with Crippen LogP contribution in [0.1, 0.15) is 46.0 Å². The minimum Gasteiger partial charge on any atom is -0.327 e. The molecule has 2 nitrogen and oxygen atoms in total. The molecule has 1 saturated heterocycles. The third-order valence-electron chi connectivity index (χ3n) is 2.89. The maximum Gasteiger partial charge on any atom is 0.0139 e. The van der Waals surface area contributed by atoms with Gasteiger partial charge in [-0.15, -0.1) is 0 Å². The molecule has 2 heteroatoms. The molecule has 0 spiro atoms. The fourth-order valence-electron chi connectivity index (χ4n) is 2.33. The van der Waals surface area contributed by atoms with Crippen LogP contribution in [0.2, 0.25) is 0 Å². The number of rotatable bonds is 4. The van der Waals surface area contributed by atoms with Crippen molar-refractivity contribution in [1.82, 2.24) is 4.90 Å². The highest BCUT2D eigenvalue weighted by Gasteiger charge is 2.21. The second kappa shape index (κ2) is 5.61. The first-order valence-electron chi connectivity index (χ1n) is 5.73. The Balaban J connectivity index is 2.36. The maximum atomic E-state index is 5.84. The molecule has 2 N–H and O–H groups in total. The SMILES string of the molecule is CCCC1CCCCN1C[C@H](C)N. The van der Waals surface area contributed by atoms with Gasteiger partial charge in [-0.05, 0) is 32.7 Å². The summed E-state index contributed by atoms with van der Waals surface area (Å²) in [7, 11) is 0. The number of hydrogen-bond acceptors (Lipinski definition) is 2. The first-order chi connectivity index (χ1) is 6.24. The molecular weight excluding hydrogens is 160 g/mol. The summed E-state index contributed by atoms with van der Waals surface area (Å²) >= 11 is 0. The van der Waals surface area contributed by atoms with Gasteiger partial charge in [0.25, 0.3) is 0 Å². The summed E-state index contributed by atoms with van der Waals surface area (Å²) in [4.78, 5) is 2.59. The monoisotopic (exact) mass is 184 g/mol. The normalized spacial score (nSPS) is 27.5. The van der Waals surface area contributed by atoms with E-state index in [1.165, 1.54) is 38.6 Å². The lowest BCUT2D eigenvalue weighted by atomic mass is 9.98. The molecule has 0 radical (unpaired) electrons. The third kappa shape index (κ3) is 3.65. The molecule has 1 aliphatic rings. The second-order valence-electron chi connectivity index (χ2n) is 4.41. The molecule has 78 valence electrons. The molecule has 2 atom stereocenters. The lowest BCUT2D eigenvalue weighted by Crippen LogP contribution is -2.45. The Morgan fingerprint density at radius 2 is 2.23 bits per heavy atom. The summed E-state index contributed by atoms with van der Waals surface area (Å²) in [6, 6.07) is 1.15. The lowest BCUT2D eigenvalue weighted by Gasteiger charge is -2.36. The van der Waals surface area contributed by atoms with Crippen LogP contribution in [-0.4, -0.2) is 30.1 Å². The van der Waals surface area contributed by atoms with Gasteiger partial charge in [0.2, 0.25) is 0 Å². The summed E-state index contributed by atoms with van der Waals surface area (Å²) in [6.45, 7) is 6.74. The Morgan fingerprint density at radius 1 is 1.46 bits per heavy atom. The highest BCUT2D eigenvalue weighted by atomic mass is 15.2. The molecule has 1 aliphatic heterocycles. The van der Waals surface area contributed by atoms with E-state index in [1.807, 2.05) is 0 Å². The van der Waals surface area contributed by atoms with Gasteiger partial charge in [0.15, 0.2) is 0 Å². The van der Waals surface area contributed by atoms with E-state index in [1.54, 1.807) is 0 Å². The van der Waals surface area contributed by atoms with E-state index < -0.39 is 0 Å². The van der Waals surface area contributed by atoms with E-state index in [9.17, 15) is 0 Å². The Kier molecular flexibility index (Phi) is 4.74. The van der Waals surface area contributed by atoms with Crippen molar-refractivity contribution in [3.05, 3.63) is 0 Å². The molecular formula is C11H24N2. The van der Waals surface area contributed by atoms with E-state index in [2.05, 4.69) is 18.7 Å². The molecule has 0 amide bonds. The van der Waals surface area contributed by atoms with E-state index >= 15 is 0 Å². The van der Waals surface area contributed by atoms with E-state index in [0.29, 0.717) is 6.04 Å². The first-order valence-corrected chi connectivity index (χ1v) is 5.73. The van der Waals surface area contributed by atoms with Gasteiger partial charge < -0.3 is 5.73 Å². The summed E-state index contributed by atoms with van der Waals surface area (Å²) in [5, 5.41) is 0. The van der Waals surface area contributed by atoms with Crippen LogP contribution >= 0.6 is 0 Å². The van der Waals surface area contributed by atoms with E-state index in [4.69, 9.17) is 5.73 Å². The minimum absolute atomic E-state index is 0.331. The van der Waals surface area contributed by atoms with Crippen LogP contribution in [0, 0.1) is 0 Å². The first kappa shape index (κ1) is 11.0. The largest absolute Gasteiger partial charge is 0.327 e. The van der Waals surface area contributed by atoms with Gasteiger partial charge in [-0.25, -0.2) is 0 Å². The molecule has 13 heavy (non-hydrogen) atoms.